The third-order valence-electron chi connectivity index (χ3n) is 2.33. The molecule has 0 aliphatic rings. The van der Waals surface area contributed by atoms with Crippen molar-refractivity contribution in [2.24, 2.45) is 0 Å². The Balaban J connectivity index is 2.59. The predicted octanol–water partition coefficient (Wildman–Crippen LogP) is 2.91. The van der Waals surface area contributed by atoms with E-state index < -0.39 is 17.9 Å². The number of halogens is 3. The predicted molar refractivity (Wildman–Crippen MR) is 55.0 cm³/mol. The molecule has 17 heavy (non-hydrogen) atoms. The Labute approximate surface area is 95.1 Å². The maximum absolute atomic E-state index is 12.7. The van der Waals surface area contributed by atoms with Gasteiger partial charge in [-0.3, -0.25) is 4.57 Å². The van der Waals surface area contributed by atoms with Crippen LogP contribution in [0.5, 0.6) is 6.01 Å². The van der Waals surface area contributed by atoms with Gasteiger partial charge in [0.1, 0.15) is 0 Å². The van der Waals surface area contributed by atoms with Crippen molar-refractivity contribution in [3.63, 3.8) is 0 Å². The van der Waals surface area contributed by atoms with Crippen LogP contribution in [0.4, 0.5) is 13.2 Å². The molecule has 90 valence electrons. The first-order chi connectivity index (χ1) is 7.89. The number of hydrogen-bond donors (Lipinski definition) is 1. The molecule has 2 rings (SSSR count). The minimum Gasteiger partial charge on any atom is -0.480 e. The van der Waals surface area contributed by atoms with E-state index in [4.69, 9.17) is 0 Å². The van der Waals surface area contributed by atoms with Crippen molar-refractivity contribution in [2.75, 3.05) is 0 Å². The van der Waals surface area contributed by atoms with Gasteiger partial charge in [0, 0.05) is 0 Å². The third kappa shape index (κ3) is 2.11. The van der Waals surface area contributed by atoms with Gasteiger partial charge in [-0.15, -0.1) is 0 Å². The molecule has 1 aromatic heterocycles. The summed E-state index contributed by atoms with van der Waals surface area (Å²) in [4.78, 5) is 3.28. The lowest BCUT2D eigenvalue weighted by Crippen LogP contribution is -2.11. The monoisotopic (exact) mass is 242 g/mol. The van der Waals surface area contributed by atoms with E-state index in [9.17, 15) is 18.3 Å². The van der Waals surface area contributed by atoms with E-state index in [1.54, 1.807) is 12.1 Å². The number of hydrogen-bond acceptors (Lipinski definition) is 2. The summed E-state index contributed by atoms with van der Waals surface area (Å²) in [5, 5.41) is 9.37. The van der Waals surface area contributed by atoms with Crippen LogP contribution in [-0.4, -0.2) is 14.7 Å². The van der Waals surface area contributed by atoms with Gasteiger partial charge in [-0.05, 0) is 19.1 Å². The molecule has 2 aromatic rings. The second kappa shape index (κ2) is 3.80. The number of alkyl halides is 3. The highest BCUT2D eigenvalue weighted by molar-refractivity contribution is 5.39. The number of benzene rings is 1. The van der Waals surface area contributed by atoms with E-state index in [-0.39, 0.29) is 5.69 Å². The molecule has 0 saturated carbocycles. The van der Waals surface area contributed by atoms with Gasteiger partial charge in [-0.2, -0.15) is 13.2 Å². The fourth-order valence-corrected chi connectivity index (χ4v) is 1.49. The van der Waals surface area contributed by atoms with E-state index in [0.29, 0.717) is 10.8 Å². The Morgan fingerprint density at radius 1 is 1.18 bits per heavy atom. The molecule has 6 heteroatoms. The summed E-state index contributed by atoms with van der Waals surface area (Å²) in [6.07, 6.45) is -3.95. The van der Waals surface area contributed by atoms with Crippen molar-refractivity contribution in [3.05, 3.63) is 41.7 Å². The van der Waals surface area contributed by atoms with Crippen molar-refractivity contribution in [1.82, 2.24) is 9.55 Å². The van der Waals surface area contributed by atoms with Gasteiger partial charge < -0.3 is 5.11 Å². The summed E-state index contributed by atoms with van der Waals surface area (Å²) >= 11 is 0. The summed E-state index contributed by atoms with van der Waals surface area (Å²) in [7, 11) is 0. The first-order valence-electron chi connectivity index (χ1n) is 4.80. The van der Waals surface area contributed by atoms with E-state index in [1.807, 2.05) is 6.92 Å². The molecule has 0 aliphatic heterocycles. The first kappa shape index (κ1) is 11.5. The molecule has 0 aliphatic carbocycles. The normalized spacial score (nSPS) is 11.8. The maximum atomic E-state index is 12.7. The summed E-state index contributed by atoms with van der Waals surface area (Å²) in [6, 6.07) is 5.63. The van der Waals surface area contributed by atoms with Crippen LogP contribution in [0.2, 0.25) is 0 Å². The lowest BCUT2D eigenvalue weighted by Gasteiger charge is -2.11. The largest absolute Gasteiger partial charge is 0.480 e. The molecule has 1 aromatic carbocycles. The average molecular weight is 242 g/mol. The number of aromatic nitrogens is 2. The zero-order valence-corrected chi connectivity index (χ0v) is 8.86. The third-order valence-corrected chi connectivity index (χ3v) is 2.33. The summed E-state index contributed by atoms with van der Waals surface area (Å²) in [6.45, 7) is 1.82. The number of rotatable bonds is 1. The highest BCUT2D eigenvalue weighted by Crippen LogP contribution is 2.33. The fourth-order valence-electron chi connectivity index (χ4n) is 1.49. The first-order valence-corrected chi connectivity index (χ1v) is 4.80. The molecular weight excluding hydrogens is 233 g/mol. The fraction of sp³-hybridized carbons (Fsp3) is 0.182. The van der Waals surface area contributed by atoms with Crippen molar-refractivity contribution in [1.29, 1.82) is 0 Å². The van der Waals surface area contributed by atoms with Crippen molar-refractivity contribution >= 4 is 0 Å². The number of aryl methyl sites for hydroxylation is 1. The standard InChI is InChI=1S/C11H9F3N2O/c1-7-2-4-8(5-3-7)16-9(11(12,13)14)6-15-10(16)17/h2-6H,1H3,(H,15,17). The van der Waals surface area contributed by atoms with Crippen LogP contribution in [0.1, 0.15) is 11.3 Å². The van der Waals surface area contributed by atoms with Crippen LogP contribution in [0.15, 0.2) is 30.5 Å². The van der Waals surface area contributed by atoms with Crippen molar-refractivity contribution in [2.45, 2.75) is 13.1 Å². The molecule has 1 N–H and O–H groups in total. The van der Waals surface area contributed by atoms with Crippen LogP contribution in [0.25, 0.3) is 5.69 Å². The molecule has 0 radical (unpaired) electrons. The van der Waals surface area contributed by atoms with Crippen molar-refractivity contribution < 1.29 is 18.3 Å². The SMILES string of the molecule is Cc1ccc(-n2c(C(F)(F)F)cnc2O)cc1. The topological polar surface area (TPSA) is 38.0 Å². The van der Waals surface area contributed by atoms with Gasteiger partial charge in [0.2, 0.25) is 0 Å². The van der Waals surface area contributed by atoms with E-state index in [1.165, 1.54) is 12.1 Å². The lowest BCUT2D eigenvalue weighted by atomic mass is 10.2. The maximum Gasteiger partial charge on any atom is 0.433 e. The quantitative estimate of drug-likeness (QED) is 0.834. The molecule has 0 saturated heterocycles. The van der Waals surface area contributed by atoms with E-state index in [2.05, 4.69) is 4.98 Å². The molecular formula is C11H9F3N2O. The Bertz CT molecular complexity index is 529. The molecule has 1 heterocycles. The minimum atomic E-state index is -4.56. The van der Waals surface area contributed by atoms with E-state index >= 15 is 0 Å². The van der Waals surface area contributed by atoms with Gasteiger partial charge in [0.25, 0.3) is 6.01 Å². The molecule has 0 bridgehead atoms. The zero-order chi connectivity index (χ0) is 12.6. The van der Waals surface area contributed by atoms with Crippen LogP contribution in [-0.2, 0) is 6.18 Å². The Morgan fingerprint density at radius 3 is 2.29 bits per heavy atom. The Hall–Kier alpha value is -1.98. The molecule has 0 unspecified atom stereocenters. The van der Waals surface area contributed by atoms with Gasteiger partial charge in [-0.25, -0.2) is 4.98 Å². The number of aromatic hydroxyl groups is 1. The Morgan fingerprint density at radius 2 is 1.76 bits per heavy atom. The second-order valence-electron chi connectivity index (χ2n) is 3.61. The average Bonchev–Trinajstić information content (AvgIpc) is 2.61. The summed E-state index contributed by atoms with van der Waals surface area (Å²) < 4.78 is 38.6. The molecule has 0 amide bonds. The molecule has 0 atom stereocenters. The second-order valence-corrected chi connectivity index (χ2v) is 3.61. The minimum absolute atomic E-state index is 0.220. The van der Waals surface area contributed by atoms with Crippen LogP contribution < -0.4 is 0 Å². The van der Waals surface area contributed by atoms with Gasteiger partial charge in [0.05, 0.1) is 11.9 Å². The van der Waals surface area contributed by atoms with Gasteiger partial charge in [-0.1, -0.05) is 17.7 Å². The van der Waals surface area contributed by atoms with Crippen LogP contribution in [0, 0.1) is 6.92 Å². The smallest absolute Gasteiger partial charge is 0.433 e. The summed E-state index contributed by atoms with van der Waals surface area (Å²) in [5.74, 6) is 0. The highest BCUT2D eigenvalue weighted by atomic mass is 19.4. The highest BCUT2D eigenvalue weighted by Gasteiger charge is 2.36. The number of imidazole rings is 1. The van der Waals surface area contributed by atoms with Gasteiger partial charge >= 0.3 is 6.18 Å². The lowest BCUT2D eigenvalue weighted by molar-refractivity contribution is -0.142. The van der Waals surface area contributed by atoms with Crippen molar-refractivity contribution in [3.8, 4) is 11.7 Å². The van der Waals surface area contributed by atoms with Gasteiger partial charge in [0.15, 0.2) is 5.69 Å². The van der Waals surface area contributed by atoms with Crippen LogP contribution >= 0.6 is 0 Å². The molecule has 0 spiro atoms. The van der Waals surface area contributed by atoms with Crippen LogP contribution in [0.3, 0.4) is 0 Å². The number of nitrogens with zero attached hydrogens (tertiary/aromatic N) is 2. The Kier molecular flexibility index (Phi) is 2.57. The molecule has 3 nitrogen and oxygen atoms in total. The van der Waals surface area contributed by atoms with E-state index in [0.717, 1.165) is 5.56 Å². The zero-order valence-electron chi connectivity index (χ0n) is 8.86. The molecule has 0 fully saturated rings. The summed E-state index contributed by atoms with van der Waals surface area (Å²) in [5.41, 5.74) is 0.138.